The number of benzene rings is 3. The Hall–Kier alpha value is -3.70. The van der Waals surface area contributed by atoms with Gasteiger partial charge in [-0.3, -0.25) is 9.76 Å². The highest BCUT2D eigenvalue weighted by molar-refractivity contribution is 7.68. The molecule has 0 unspecified atom stereocenters. The molecule has 0 saturated heterocycles. The van der Waals surface area contributed by atoms with Gasteiger partial charge in [0, 0.05) is 22.8 Å². The zero-order chi connectivity index (χ0) is 22.4. The quantitative estimate of drug-likeness (QED) is 0.252. The second-order valence-electron chi connectivity index (χ2n) is 6.84. The number of halogens is 2. The smallest absolute Gasteiger partial charge is 0.387 e. The maximum Gasteiger partial charge on any atom is 0.387 e. The summed E-state index contributed by atoms with van der Waals surface area (Å²) in [5.74, 6) is 4.04. The summed E-state index contributed by atoms with van der Waals surface area (Å²) in [6.45, 7) is -2.88. The van der Waals surface area contributed by atoms with Crippen LogP contribution >= 0.6 is 7.29 Å². The van der Waals surface area contributed by atoms with E-state index in [-0.39, 0.29) is 5.75 Å². The van der Waals surface area contributed by atoms with Crippen LogP contribution in [0.3, 0.4) is 0 Å². The second kappa shape index (κ2) is 9.62. The van der Waals surface area contributed by atoms with Gasteiger partial charge in [-0.25, -0.2) is 0 Å². The number of hydrogen-bond donors (Lipinski definition) is 1. The molecule has 0 amide bonds. The summed E-state index contributed by atoms with van der Waals surface area (Å²) in [5.41, 5.74) is 2.20. The Morgan fingerprint density at radius 3 is 1.88 bits per heavy atom. The van der Waals surface area contributed by atoms with E-state index in [4.69, 9.17) is 4.74 Å². The Balaban J connectivity index is 1.58. The van der Waals surface area contributed by atoms with Crippen molar-refractivity contribution in [2.45, 2.75) is 6.61 Å². The Morgan fingerprint density at radius 2 is 1.38 bits per heavy atom. The maximum absolute atomic E-state index is 13.6. The van der Waals surface area contributed by atoms with Crippen LogP contribution in [0.2, 0.25) is 0 Å². The normalized spacial score (nSPS) is 15.1. The first-order valence-corrected chi connectivity index (χ1v) is 11.5. The summed E-state index contributed by atoms with van der Waals surface area (Å²) in [6.07, 6.45) is 1.45. The van der Waals surface area contributed by atoms with Gasteiger partial charge in [0.2, 0.25) is 7.29 Å². The Kier molecular flexibility index (Phi) is 6.47. The third-order valence-electron chi connectivity index (χ3n) is 4.49. The molecule has 8 heteroatoms. The van der Waals surface area contributed by atoms with Crippen molar-refractivity contribution in [2.75, 3.05) is 0 Å². The van der Waals surface area contributed by atoms with Crippen LogP contribution < -0.4 is 9.93 Å². The summed E-state index contributed by atoms with van der Waals surface area (Å²) in [7, 11) is -3.24. The second-order valence-corrected chi connectivity index (χ2v) is 8.97. The molecule has 32 heavy (non-hydrogen) atoms. The van der Waals surface area contributed by atoms with Gasteiger partial charge in [0.15, 0.2) is 0 Å². The third kappa shape index (κ3) is 5.50. The molecule has 1 aliphatic rings. The Bertz CT molecular complexity index is 1140. The van der Waals surface area contributed by atoms with Crippen LogP contribution in [-0.2, 0) is 9.30 Å². The van der Waals surface area contributed by atoms with Gasteiger partial charge in [0.1, 0.15) is 17.3 Å². The van der Waals surface area contributed by atoms with Gasteiger partial charge in [0.25, 0.3) is 0 Å². The lowest BCUT2D eigenvalue weighted by molar-refractivity contribution is -0.0498. The molecule has 0 atom stereocenters. The van der Waals surface area contributed by atoms with Crippen molar-refractivity contribution < 1.29 is 22.8 Å². The van der Waals surface area contributed by atoms with Gasteiger partial charge >= 0.3 is 6.61 Å². The summed E-state index contributed by atoms with van der Waals surface area (Å²) < 4.78 is 48.5. The number of alkyl halides is 2. The van der Waals surface area contributed by atoms with Crippen LogP contribution in [0.1, 0.15) is 16.7 Å². The maximum atomic E-state index is 13.6. The molecule has 0 spiro atoms. The molecule has 1 aliphatic heterocycles. The fourth-order valence-corrected chi connectivity index (χ4v) is 4.54. The molecular weight excluding hydrogens is 433 g/mol. The Labute approximate surface area is 184 Å². The third-order valence-corrected chi connectivity index (χ3v) is 6.15. The lowest BCUT2D eigenvalue weighted by Gasteiger charge is -2.22. The largest absolute Gasteiger partial charge is 0.456 e. The number of nitrogens with one attached hydrogen (secondary N) is 1. The monoisotopic (exact) mass is 452 g/mol. The topological polar surface area (TPSA) is 59.9 Å². The zero-order valence-electron chi connectivity index (χ0n) is 16.8. The summed E-state index contributed by atoms with van der Waals surface area (Å²) in [4.78, 5) is 0. The van der Waals surface area contributed by atoms with Crippen molar-refractivity contribution in [3.63, 3.8) is 0 Å². The molecule has 0 saturated carbocycles. The predicted molar refractivity (Wildman–Crippen MR) is 121 cm³/mol. The number of rotatable bonds is 7. The van der Waals surface area contributed by atoms with Crippen molar-refractivity contribution in [1.82, 2.24) is 5.20 Å². The molecule has 0 radical (unpaired) electrons. The van der Waals surface area contributed by atoms with Gasteiger partial charge in [-0.15, -0.1) is 0 Å². The van der Waals surface area contributed by atoms with E-state index >= 15 is 0 Å². The van der Waals surface area contributed by atoms with Gasteiger partial charge in [0.05, 0.1) is 6.21 Å². The number of nitrogens with zero attached hydrogens (tertiary/aromatic N) is 1. The van der Waals surface area contributed by atoms with E-state index in [1.807, 2.05) is 60.7 Å². The van der Waals surface area contributed by atoms with Gasteiger partial charge in [-0.1, -0.05) is 60.7 Å². The van der Waals surface area contributed by atoms with E-state index < -0.39 is 13.9 Å². The van der Waals surface area contributed by atoms with E-state index in [1.165, 1.54) is 30.0 Å². The van der Waals surface area contributed by atoms with Crippen LogP contribution in [0, 0.1) is 0 Å². The summed E-state index contributed by atoms with van der Waals surface area (Å²) in [6, 6.07) is 24.7. The van der Waals surface area contributed by atoms with Crippen molar-refractivity contribution >= 4 is 25.0 Å². The molecule has 162 valence electrons. The molecule has 0 aromatic heterocycles. The lowest BCUT2D eigenvalue weighted by atomic mass is 10.2. The van der Waals surface area contributed by atoms with Gasteiger partial charge in [-0.05, 0) is 29.8 Å². The van der Waals surface area contributed by atoms with E-state index in [0.717, 1.165) is 11.1 Å². The SMILES string of the molecule is O=P1(N/N=C\c2ccc(OC(F)F)cc2)C=C(c2ccccc2)OC(c2ccccc2)=C1. The van der Waals surface area contributed by atoms with Crippen molar-refractivity contribution in [3.05, 3.63) is 113 Å². The molecule has 0 fully saturated rings. The van der Waals surface area contributed by atoms with E-state index in [9.17, 15) is 13.3 Å². The number of ether oxygens (including phenoxy) is 2. The summed E-state index contributed by atoms with van der Waals surface area (Å²) in [5, 5.41) is 6.85. The van der Waals surface area contributed by atoms with Crippen LogP contribution in [-0.4, -0.2) is 12.8 Å². The number of hydrogen-bond acceptors (Lipinski definition) is 4. The lowest BCUT2D eigenvalue weighted by Crippen LogP contribution is -2.06. The highest BCUT2D eigenvalue weighted by Gasteiger charge is 2.26. The fourth-order valence-electron chi connectivity index (χ4n) is 3.02. The standard InChI is InChI=1S/C24H19F2N2O3P/c25-24(26)30-21-13-11-18(12-14-21)15-27-28-32(29)16-22(19-7-3-1-4-8-19)31-23(17-32)20-9-5-2-6-10-20/h1-17,24H,(H,28,29)/b27-15-. The molecule has 3 aromatic carbocycles. The molecule has 3 aromatic rings. The van der Waals surface area contributed by atoms with Crippen molar-refractivity contribution in [2.24, 2.45) is 5.10 Å². The minimum atomic E-state index is -3.24. The van der Waals surface area contributed by atoms with Crippen LogP contribution in [0.15, 0.2) is 102 Å². The first-order valence-electron chi connectivity index (χ1n) is 9.70. The molecule has 1 heterocycles. The zero-order valence-corrected chi connectivity index (χ0v) is 17.7. The molecule has 4 rings (SSSR count). The minimum Gasteiger partial charge on any atom is -0.456 e. The summed E-state index contributed by atoms with van der Waals surface area (Å²) >= 11 is 0. The van der Waals surface area contributed by atoms with Crippen LogP contribution in [0.25, 0.3) is 11.5 Å². The first kappa shape index (κ1) is 21.5. The minimum absolute atomic E-state index is 0.0493. The first-order chi connectivity index (χ1) is 15.5. The molecule has 0 bridgehead atoms. The fraction of sp³-hybridized carbons (Fsp3) is 0.0417. The van der Waals surface area contributed by atoms with Gasteiger partial charge in [-0.2, -0.15) is 13.9 Å². The average Bonchev–Trinajstić information content (AvgIpc) is 2.81. The predicted octanol–water partition coefficient (Wildman–Crippen LogP) is 6.52. The average molecular weight is 452 g/mol. The number of hydrazone groups is 1. The van der Waals surface area contributed by atoms with Crippen molar-refractivity contribution in [1.29, 1.82) is 0 Å². The van der Waals surface area contributed by atoms with E-state index in [2.05, 4.69) is 15.0 Å². The molecule has 5 nitrogen and oxygen atoms in total. The molecular formula is C24H19F2N2O3P. The van der Waals surface area contributed by atoms with E-state index in [1.54, 1.807) is 12.1 Å². The highest BCUT2D eigenvalue weighted by Crippen LogP contribution is 2.53. The highest BCUT2D eigenvalue weighted by atomic mass is 31.2. The van der Waals surface area contributed by atoms with Crippen LogP contribution in [0.4, 0.5) is 8.78 Å². The molecule has 1 N–H and O–H groups in total. The van der Waals surface area contributed by atoms with E-state index in [0.29, 0.717) is 17.1 Å². The molecule has 0 aliphatic carbocycles. The van der Waals surface area contributed by atoms with Crippen LogP contribution in [0.5, 0.6) is 5.75 Å². The van der Waals surface area contributed by atoms with Crippen molar-refractivity contribution in [3.8, 4) is 5.75 Å². The Morgan fingerprint density at radius 1 is 0.844 bits per heavy atom. The van der Waals surface area contributed by atoms with Gasteiger partial charge < -0.3 is 9.47 Å².